The minimum atomic E-state index is 0.623. The molecule has 1 N–H and O–H groups in total. The van der Waals surface area contributed by atoms with Crippen LogP contribution in [0, 0.1) is 5.92 Å². The summed E-state index contributed by atoms with van der Waals surface area (Å²) >= 11 is 3.56. The van der Waals surface area contributed by atoms with Gasteiger partial charge in [-0.15, -0.1) is 0 Å². The van der Waals surface area contributed by atoms with Crippen LogP contribution in [0.4, 0.5) is 0 Å². The molecule has 20 heavy (non-hydrogen) atoms. The Morgan fingerprint density at radius 2 is 2.10 bits per heavy atom. The molecule has 3 rings (SSSR count). The highest BCUT2D eigenvalue weighted by atomic mass is 79.9. The standard InChI is InChI=1S/C16H20BrNO2/c17-14-8-13(9-15-16(14)20-7-6-19-15)11-18-10-12-4-2-1-3-5-12/h1-2,8-9,12,18H,3-7,10-11H2. The van der Waals surface area contributed by atoms with Gasteiger partial charge in [0.25, 0.3) is 0 Å². The molecule has 0 aromatic heterocycles. The van der Waals surface area contributed by atoms with Crippen molar-refractivity contribution in [3.63, 3.8) is 0 Å². The summed E-state index contributed by atoms with van der Waals surface area (Å²) in [7, 11) is 0. The summed E-state index contributed by atoms with van der Waals surface area (Å²) in [6.45, 7) is 3.20. The molecule has 2 aliphatic rings. The Morgan fingerprint density at radius 3 is 2.95 bits per heavy atom. The van der Waals surface area contributed by atoms with E-state index in [0.717, 1.165) is 35.0 Å². The van der Waals surface area contributed by atoms with Crippen molar-refractivity contribution in [2.45, 2.75) is 25.8 Å². The molecule has 1 unspecified atom stereocenters. The van der Waals surface area contributed by atoms with E-state index in [-0.39, 0.29) is 0 Å². The summed E-state index contributed by atoms with van der Waals surface area (Å²) in [4.78, 5) is 0. The summed E-state index contributed by atoms with van der Waals surface area (Å²) in [6, 6.07) is 4.19. The van der Waals surface area contributed by atoms with Crippen LogP contribution in [0.15, 0.2) is 28.8 Å². The molecule has 0 spiro atoms. The molecule has 0 bridgehead atoms. The lowest BCUT2D eigenvalue weighted by molar-refractivity contribution is 0.170. The highest BCUT2D eigenvalue weighted by molar-refractivity contribution is 9.10. The molecular formula is C16H20BrNO2. The largest absolute Gasteiger partial charge is 0.486 e. The van der Waals surface area contributed by atoms with Crippen molar-refractivity contribution in [2.24, 2.45) is 5.92 Å². The van der Waals surface area contributed by atoms with Gasteiger partial charge in [0.1, 0.15) is 13.2 Å². The normalized spacial score (nSPS) is 20.9. The molecule has 108 valence electrons. The summed E-state index contributed by atoms with van der Waals surface area (Å²) < 4.78 is 12.2. The molecule has 1 aliphatic heterocycles. The Kier molecular flexibility index (Phi) is 4.63. The van der Waals surface area contributed by atoms with Crippen LogP contribution in [0.3, 0.4) is 0 Å². The highest BCUT2D eigenvalue weighted by Gasteiger charge is 2.16. The number of allylic oxidation sites excluding steroid dienone is 2. The average Bonchev–Trinajstić information content (AvgIpc) is 2.48. The van der Waals surface area contributed by atoms with E-state index >= 15 is 0 Å². The second kappa shape index (κ2) is 6.64. The molecule has 0 saturated heterocycles. The lowest BCUT2D eigenvalue weighted by Gasteiger charge is -2.21. The van der Waals surface area contributed by atoms with E-state index in [9.17, 15) is 0 Å². The fourth-order valence-electron chi connectivity index (χ4n) is 2.73. The van der Waals surface area contributed by atoms with Gasteiger partial charge in [-0.1, -0.05) is 12.2 Å². The number of fused-ring (bicyclic) bond motifs is 1. The van der Waals surface area contributed by atoms with Gasteiger partial charge in [0.05, 0.1) is 4.47 Å². The van der Waals surface area contributed by atoms with Crippen molar-refractivity contribution in [3.05, 3.63) is 34.3 Å². The molecule has 3 nitrogen and oxygen atoms in total. The number of hydrogen-bond donors (Lipinski definition) is 1. The number of ether oxygens (including phenoxy) is 2. The lowest BCUT2D eigenvalue weighted by Crippen LogP contribution is -2.23. The molecule has 0 amide bonds. The first-order valence-electron chi connectivity index (χ1n) is 7.26. The van der Waals surface area contributed by atoms with E-state index in [1.165, 1.54) is 24.8 Å². The van der Waals surface area contributed by atoms with Crippen molar-refractivity contribution >= 4 is 15.9 Å². The fraction of sp³-hybridized carbons (Fsp3) is 0.500. The van der Waals surface area contributed by atoms with Crippen LogP contribution in [-0.2, 0) is 6.54 Å². The Labute approximate surface area is 128 Å². The van der Waals surface area contributed by atoms with E-state index in [1.807, 2.05) is 0 Å². The SMILES string of the molecule is Brc1cc(CNCC2CC=CCC2)cc2c1OCCO2. The monoisotopic (exact) mass is 337 g/mol. The van der Waals surface area contributed by atoms with Gasteiger partial charge in [-0.3, -0.25) is 0 Å². The maximum Gasteiger partial charge on any atom is 0.175 e. The van der Waals surface area contributed by atoms with E-state index < -0.39 is 0 Å². The first-order chi connectivity index (χ1) is 9.83. The van der Waals surface area contributed by atoms with Gasteiger partial charge in [0, 0.05) is 6.54 Å². The maximum absolute atomic E-state index is 5.65. The van der Waals surface area contributed by atoms with Gasteiger partial charge in [-0.25, -0.2) is 0 Å². The summed E-state index contributed by atoms with van der Waals surface area (Å²) in [5.74, 6) is 2.46. The third-order valence-electron chi connectivity index (χ3n) is 3.80. The van der Waals surface area contributed by atoms with Crippen LogP contribution in [0.25, 0.3) is 0 Å². The molecular weight excluding hydrogens is 318 g/mol. The zero-order valence-corrected chi connectivity index (χ0v) is 13.1. The molecule has 0 fully saturated rings. The fourth-order valence-corrected chi connectivity index (χ4v) is 3.33. The lowest BCUT2D eigenvalue weighted by atomic mass is 9.94. The van der Waals surface area contributed by atoms with Crippen molar-refractivity contribution in [3.8, 4) is 11.5 Å². The predicted octanol–water partition coefficient (Wildman–Crippen LogP) is 3.67. The van der Waals surface area contributed by atoms with E-state index in [2.05, 4.69) is 45.5 Å². The smallest absolute Gasteiger partial charge is 0.175 e. The van der Waals surface area contributed by atoms with E-state index in [1.54, 1.807) is 0 Å². The average molecular weight is 338 g/mol. The van der Waals surface area contributed by atoms with Crippen LogP contribution in [0.1, 0.15) is 24.8 Å². The topological polar surface area (TPSA) is 30.5 Å². The summed E-state index contributed by atoms with van der Waals surface area (Å²) in [5, 5.41) is 3.55. The third-order valence-corrected chi connectivity index (χ3v) is 4.39. The zero-order valence-electron chi connectivity index (χ0n) is 11.5. The molecule has 1 aromatic carbocycles. The quantitative estimate of drug-likeness (QED) is 0.850. The Bertz CT molecular complexity index is 501. The van der Waals surface area contributed by atoms with Crippen molar-refractivity contribution in [1.29, 1.82) is 0 Å². The molecule has 1 aliphatic carbocycles. The number of rotatable bonds is 4. The number of benzene rings is 1. The summed E-state index contributed by atoms with van der Waals surface area (Å²) in [5.41, 5.74) is 1.23. The first-order valence-corrected chi connectivity index (χ1v) is 8.06. The van der Waals surface area contributed by atoms with E-state index in [4.69, 9.17) is 9.47 Å². The van der Waals surface area contributed by atoms with Crippen LogP contribution < -0.4 is 14.8 Å². The van der Waals surface area contributed by atoms with Gasteiger partial charge in [-0.05, 0) is 65.4 Å². The van der Waals surface area contributed by atoms with Crippen molar-refractivity contribution in [2.75, 3.05) is 19.8 Å². The Morgan fingerprint density at radius 1 is 1.20 bits per heavy atom. The molecule has 4 heteroatoms. The molecule has 0 saturated carbocycles. The third kappa shape index (κ3) is 3.36. The van der Waals surface area contributed by atoms with Crippen LogP contribution in [0.2, 0.25) is 0 Å². The molecule has 0 radical (unpaired) electrons. The molecule has 1 aromatic rings. The number of hydrogen-bond acceptors (Lipinski definition) is 3. The van der Waals surface area contributed by atoms with Crippen LogP contribution >= 0.6 is 15.9 Å². The number of halogens is 1. The molecule has 1 heterocycles. The van der Waals surface area contributed by atoms with Gasteiger partial charge in [0.15, 0.2) is 11.5 Å². The summed E-state index contributed by atoms with van der Waals surface area (Å²) in [6.07, 6.45) is 8.32. The van der Waals surface area contributed by atoms with Gasteiger partial charge >= 0.3 is 0 Å². The Hall–Kier alpha value is -1.00. The zero-order chi connectivity index (χ0) is 13.8. The van der Waals surface area contributed by atoms with E-state index in [0.29, 0.717) is 13.2 Å². The molecule has 1 atom stereocenters. The van der Waals surface area contributed by atoms with Gasteiger partial charge < -0.3 is 14.8 Å². The van der Waals surface area contributed by atoms with Crippen LogP contribution in [0.5, 0.6) is 11.5 Å². The second-order valence-electron chi connectivity index (χ2n) is 5.38. The minimum absolute atomic E-state index is 0.623. The minimum Gasteiger partial charge on any atom is -0.486 e. The maximum atomic E-state index is 5.65. The van der Waals surface area contributed by atoms with Gasteiger partial charge in [0.2, 0.25) is 0 Å². The number of nitrogens with one attached hydrogen (secondary N) is 1. The van der Waals surface area contributed by atoms with Crippen molar-refractivity contribution in [1.82, 2.24) is 5.32 Å². The van der Waals surface area contributed by atoms with Crippen LogP contribution in [-0.4, -0.2) is 19.8 Å². The first kappa shape index (κ1) is 14.0. The second-order valence-corrected chi connectivity index (χ2v) is 6.24. The Balaban J connectivity index is 1.57. The highest BCUT2D eigenvalue weighted by Crippen LogP contribution is 2.38. The predicted molar refractivity (Wildman–Crippen MR) is 83.3 cm³/mol. The van der Waals surface area contributed by atoms with Gasteiger partial charge in [-0.2, -0.15) is 0 Å². The van der Waals surface area contributed by atoms with Crippen molar-refractivity contribution < 1.29 is 9.47 Å².